The molecule has 0 aliphatic rings. The Morgan fingerprint density at radius 1 is 1.41 bits per heavy atom. The van der Waals surface area contributed by atoms with E-state index < -0.39 is 6.29 Å². The zero-order valence-electron chi connectivity index (χ0n) is 10.4. The van der Waals surface area contributed by atoms with E-state index in [9.17, 15) is 4.39 Å². The van der Waals surface area contributed by atoms with Crippen molar-refractivity contribution in [2.45, 2.75) is 25.7 Å². The highest BCUT2D eigenvalue weighted by Gasteiger charge is 2.24. The van der Waals surface area contributed by atoms with Crippen molar-refractivity contribution in [3.8, 4) is 0 Å². The van der Waals surface area contributed by atoms with Crippen molar-refractivity contribution in [1.29, 1.82) is 0 Å². The summed E-state index contributed by atoms with van der Waals surface area (Å²) in [4.78, 5) is 3.73. The minimum atomic E-state index is -0.529. The summed E-state index contributed by atoms with van der Waals surface area (Å²) in [5.41, 5.74) is 0.502. The third-order valence-electron chi connectivity index (χ3n) is 2.49. The number of aromatic nitrogens is 1. The molecule has 0 saturated carbocycles. The second kappa shape index (κ2) is 7.32. The summed E-state index contributed by atoms with van der Waals surface area (Å²) in [6.45, 7) is 2.80. The molecule has 0 fully saturated rings. The van der Waals surface area contributed by atoms with Gasteiger partial charge in [0.05, 0.1) is 12.2 Å². The molecule has 0 spiro atoms. The molecule has 1 atom stereocenters. The number of rotatable bonds is 7. The van der Waals surface area contributed by atoms with Crippen molar-refractivity contribution >= 4 is 0 Å². The maximum Gasteiger partial charge on any atom is 0.176 e. The lowest BCUT2D eigenvalue weighted by Gasteiger charge is -2.26. The summed E-state index contributed by atoms with van der Waals surface area (Å²) in [6.07, 6.45) is 3.17. The molecule has 5 heteroatoms. The minimum Gasteiger partial charge on any atom is -0.354 e. The lowest BCUT2D eigenvalue weighted by atomic mass is 10.1. The third-order valence-corrected chi connectivity index (χ3v) is 2.49. The highest BCUT2D eigenvalue weighted by Crippen LogP contribution is 2.21. The van der Waals surface area contributed by atoms with Crippen LogP contribution in [0.25, 0.3) is 0 Å². The van der Waals surface area contributed by atoms with Crippen molar-refractivity contribution in [2.75, 3.05) is 20.8 Å². The highest BCUT2D eigenvalue weighted by atomic mass is 19.1. The van der Waals surface area contributed by atoms with Gasteiger partial charge in [0.15, 0.2) is 6.29 Å². The van der Waals surface area contributed by atoms with Crippen LogP contribution < -0.4 is 5.32 Å². The van der Waals surface area contributed by atoms with E-state index in [0.29, 0.717) is 5.56 Å². The van der Waals surface area contributed by atoms with Crippen LogP contribution in [0.3, 0.4) is 0 Å². The van der Waals surface area contributed by atoms with Crippen LogP contribution in [0, 0.1) is 5.82 Å². The fourth-order valence-corrected chi connectivity index (χ4v) is 1.66. The van der Waals surface area contributed by atoms with E-state index in [1.54, 1.807) is 12.3 Å². The van der Waals surface area contributed by atoms with Crippen LogP contribution in [0.2, 0.25) is 0 Å². The summed E-state index contributed by atoms with van der Waals surface area (Å²) >= 11 is 0. The van der Waals surface area contributed by atoms with Crippen LogP contribution in [-0.4, -0.2) is 32.0 Å². The first-order valence-electron chi connectivity index (χ1n) is 5.63. The van der Waals surface area contributed by atoms with Crippen LogP contribution >= 0.6 is 0 Å². The first kappa shape index (κ1) is 14.0. The van der Waals surface area contributed by atoms with Gasteiger partial charge in [-0.15, -0.1) is 0 Å². The Labute approximate surface area is 101 Å². The van der Waals surface area contributed by atoms with Gasteiger partial charge in [-0.3, -0.25) is 4.98 Å². The molecule has 0 bridgehead atoms. The standard InChI is InChI=1S/C12H19FN2O2/c1-4-6-15-11(12(16-2)17-3)9-5-7-14-8-10(9)13/h5,7-8,11-12,15H,4,6H2,1-3H3. The number of halogens is 1. The first-order chi connectivity index (χ1) is 8.24. The van der Waals surface area contributed by atoms with Gasteiger partial charge in [-0.25, -0.2) is 4.39 Å². The number of methoxy groups -OCH3 is 2. The van der Waals surface area contributed by atoms with Gasteiger partial charge in [-0.05, 0) is 19.0 Å². The molecule has 17 heavy (non-hydrogen) atoms. The number of nitrogens with zero attached hydrogens (tertiary/aromatic N) is 1. The van der Waals surface area contributed by atoms with Gasteiger partial charge in [-0.2, -0.15) is 0 Å². The Kier molecular flexibility index (Phi) is 6.04. The SMILES string of the molecule is CCCNC(c1ccncc1F)C(OC)OC. The second-order valence-corrected chi connectivity index (χ2v) is 3.67. The molecule has 0 aliphatic carbocycles. The quantitative estimate of drug-likeness (QED) is 0.741. The molecule has 1 unspecified atom stereocenters. The fraction of sp³-hybridized carbons (Fsp3) is 0.583. The number of hydrogen-bond donors (Lipinski definition) is 1. The van der Waals surface area contributed by atoms with E-state index in [4.69, 9.17) is 9.47 Å². The first-order valence-corrected chi connectivity index (χ1v) is 5.63. The van der Waals surface area contributed by atoms with Crippen molar-refractivity contribution in [2.24, 2.45) is 0 Å². The monoisotopic (exact) mass is 242 g/mol. The Morgan fingerprint density at radius 2 is 2.12 bits per heavy atom. The Bertz CT molecular complexity index is 332. The van der Waals surface area contributed by atoms with Gasteiger partial charge >= 0.3 is 0 Å². The number of nitrogens with one attached hydrogen (secondary N) is 1. The second-order valence-electron chi connectivity index (χ2n) is 3.67. The summed E-state index contributed by atoms with van der Waals surface area (Å²) in [5.74, 6) is -0.361. The summed E-state index contributed by atoms with van der Waals surface area (Å²) in [5, 5.41) is 3.21. The largest absolute Gasteiger partial charge is 0.354 e. The van der Waals surface area contributed by atoms with Crippen LogP contribution in [0.4, 0.5) is 4.39 Å². The topological polar surface area (TPSA) is 43.4 Å². The zero-order chi connectivity index (χ0) is 12.7. The predicted molar refractivity (Wildman–Crippen MR) is 63.0 cm³/mol. The summed E-state index contributed by atoms with van der Waals surface area (Å²) < 4.78 is 24.1. The Hall–Kier alpha value is -1.04. The molecule has 4 nitrogen and oxygen atoms in total. The summed E-state index contributed by atoms with van der Waals surface area (Å²) in [6, 6.07) is 1.29. The molecular formula is C12H19FN2O2. The smallest absolute Gasteiger partial charge is 0.176 e. The van der Waals surface area contributed by atoms with Crippen LogP contribution in [0.5, 0.6) is 0 Å². The van der Waals surface area contributed by atoms with E-state index in [0.717, 1.165) is 13.0 Å². The maximum atomic E-state index is 13.7. The average molecular weight is 242 g/mol. The minimum absolute atomic E-state index is 0.340. The van der Waals surface area contributed by atoms with Crippen LogP contribution in [0.1, 0.15) is 24.9 Å². The van der Waals surface area contributed by atoms with Gasteiger partial charge in [-0.1, -0.05) is 6.92 Å². The molecule has 1 aromatic heterocycles. The molecule has 1 aromatic rings. The van der Waals surface area contributed by atoms with Gasteiger partial charge in [0.25, 0.3) is 0 Å². The average Bonchev–Trinajstić information content (AvgIpc) is 2.36. The maximum absolute atomic E-state index is 13.7. The lowest BCUT2D eigenvalue weighted by molar-refractivity contribution is -0.124. The molecule has 0 saturated heterocycles. The van der Waals surface area contributed by atoms with E-state index in [2.05, 4.69) is 10.3 Å². The van der Waals surface area contributed by atoms with Crippen molar-refractivity contribution in [1.82, 2.24) is 10.3 Å². The van der Waals surface area contributed by atoms with Gasteiger partial charge in [0, 0.05) is 26.0 Å². The summed E-state index contributed by atoms with van der Waals surface area (Å²) in [7, 11) is 3.07. The van der Waals surface area contributed by atoms with Gasteiger partial charge in [0.1, 0.15) is 5.82 Å². The highest BCUT2D eigenvalue weighted by molar-refractivity contribution is 5.18. The molecule has 0 amide bonds. The van der Waals surface area contributed by atoms with Crippen LogP contribution in [-0.2, 0) is 9.47 Å². The van der Waals surface area contributed by atoms with Crippen molar-refractivity contribution in [3.05, 3.63) is 29.8 Å². The molecule has 0 radical (unpaired) electrons. The third kappa shape index (κ3) is 3.73. The molecule has 96 valence electrons. The van der Waals surface area contributed by atoms with Gasteiger partial charge in [0.2, 0.25) is 0 Å². The van der Waals surface area contributed by atoms with E-state index in [1.807, 2.05) is 6.92 Å². The molecule has 1 rings (SSSR count). The molecular weight excluding hydrogens is 223 g/mol. The van der Waals surface area contributed by atoms with E-state index >= 15 is 0 Å². The molecule has 1 N–H and O–H groups in total. The van der Waals surface area contributed by atoms with Crippen molar-refractivity contribution in [3.63, 3.8) is 0 Å². The number of pyridine rings is 1. The molecule has 0 aliphatic heterocycles. The zero-order valence-corrected chi connectivity index (χ0v) is 10.4. The number of hydrogen-bond acceptors (Lipinski definition) is 4. The molecule has 1 heterocycles. The molecule has 0 aromatic carbocycles. The van der Waals surface area contributed by atoms with Gasteiger partial charge < -0.3 is 14.8 Å². The predicted octanol–water partition coefficient (Wildman–Crippen LogP) is 1.88. The van der Waals surface area contributed by atoms with E-state index in [1.165, 1.54) is 20.4 Å². The lowest BCUT2D eigenvalue weighted by Crippen LogP contribution is -2.35. The number of ether oxygens (including phenoxy) is 2. The Morgan fingerprint density at radius 3 is 2.65 bits per heavy atom. The fourth-order valence-electron chi connectivity index (χ4n) is 1.66. The van der Waals surface area contributed by atoms with E-state index in [-0.39, 0.29) is 11.9 Å². The Balaban J connectivity index is 2.92. The van der Waals surface area contributed by atoms with Crippen LogP contribution in [0.15, 0.2) is 18.5 Å². The normalized spacial score (nSPS) is 13.0. The van der Waals surface area contributed by atoms with Crippen molar-refractivity contribution < 1.29 is 13.9 Å².